The molecule has 1 aromatic heterocycles. The maximum atomic E-state index is 12.5. The first-order chi connectivity index (χ1) is 17.5. The van der Waals surface area contributed by atoms with Crippen LogP contribution in [0.5, 0.6) is 5.75 Å². The highest BCUT2D eigenvalue weighted by Gasteiger charge is 2.28. The number of aryl methyl sites for hydroxylation is 2. The molecule has 2 N–H and O–H groups in total. The second-order valence-electron chi connectivity index (χ2n) is 8.35. The van der Waals surface area contributed by atoms with Crippen molar-refractivity contribution in [3.63, 3.8) is 0 Å². The maximum Gasteiger partial charge on any atom is 0.341 e. The Kier molecular flexibility index (Phi) is 8.12. The van der Waals surface area contributed by atoms with E-state index in [9.17, 15) is 14.4 Å². The van der Waals surface area contributed by atoms with Crippen LogP contribution in [0.15, 0.2) is 53.6 Å². The number of carbonyl (C=O) groups is 3. The summed E-state index contributed by atoms with van der Waals surface area (Å²) in [5, 5.41) is 6.77. The number of hydrogen-bond donors (Lipinski definition) is 2. The summed E-state index contributed by atoms with van der Waals surface area (Å²) < 4.78 is 10.8. The van der Waals surface area contributed by atoms with Crippen molar-refractivity contribution in [3.8, 4) is 5.75 Å². The first kappa shape index (κ1) is 25.1. The first-order valence-electron chi connectivity index (χ1n) is 11.6. The van der Waals surface area contributed by atoms with Crippen LogP contribution in [0, 0.1) is 6.92 Å². The smallest absolute Gasteiger partial charge is 0.341 e. The largest absolute Gasteiger partial charge is 0.489 e. The van der Waals surface area contributed by atoms with Crippen LogP contribution in [-0.2, 0) is 33.8 Å². The molecule has 0 bridgehead atoms. The van der Waals surface area contributed by atoms with Crippen molar-refractivity contribution in [2.45, 2.75) is 39.2 Å². The number of hydrogen-bond acceptors (Lipinski definition) is 7. The molecule has 36 heavy (non-hydrogen) atoms. The summed E-state index contributed by atoms with van der Waals surface area (Å²) in [4.78, 5) is 38.1. The highest BCUT2D eigenvalue weighted by Crippen LogP contribution is 2.38. The van der Waals surface area contributed by atoms with Crippen LogP contribution in [0.3, 0.4) is 0 Å². The lowest BCUT2D eigenvalue weighted by Crippen LogP contribution is -2.32. The normalized spacial score (nSPS) is 12.6. The van der Waals surface area contributed by atoms with Crippen molar-refractivity contribution in [1.82, 2.24) is 5.43 Å². The molecule has 0 saturated heterocycles. The Balaban J connectivity index is 1.35. The Morgan fingerprint density at radius 2 is 1.86 bits per heavy atom. The van der Waals surface area contributed by atoms with Crippen molar-refractivity contribution in [2.75, 3.05) is 12.4 Å². The molecule has 0 spiro atoms. The quantitative estimate of drug-likeness (QED) is 0.214. The number of nitrogens with one attached hydrogen (secondary N) is 2. The van der Waals surface area contributed by atoms with E-state index in [0.717, 1.165) is 47.3 Å². The standard InChI is InChI=1S/C27H27N3O5S/c1-17-8-3-4-10-19(17)16-35-20-11-7-9-18(14-20)15-28-30-25(32)24(31)29-26-23(27(33)34-2)21-12-5-6-13-22(21)36-26/h3-4,7-11,14-15H,5-6,12-13,16H2,1-2H3,(H,29,31)(H,30,32)/b28-15+. The van der Waals surface area contributed by atoms with Crippen molar-refractivity contribution < 1.29 is 23.9 Å². The van der Waals surface area contributed by atoms with Crippen molar-refractivity contribution in [2.24, 2.45) is 5.10 Å². The zero-order chi connectivity index (χ0) is 25.5. The van der Waals surface area contributed by atoms with E-state index in [0.29, 0.717) is 28.5 Å². The molecule has 4 rings (SSSR count). The van der Waals surface area contributed by atoms with Gasteiger partial charge in [-0.15, -0.1) is 11.3 Å². The summed E-state index contributed by atoms with van der Waals surface area (Å²) in [6.07, 6.45) is 5.00. The SMILES string of the molecule is COC(=O)c1c(NC(=O)C(=O)N/N=C/c2cccc(OCc3ccccc3C)c2)sc2c1CCCC2. The highest BCUT2D eigenvalue weighted by atomic mass is 32.1. The lowest BCUT2D eigenvalue weighted by molar-refractivity contribution is -0.136. The average molecular weight is 506 g/mol. The molecule has 1 heterocycles. The number of nitrogens with zero attached hydrogens (tertiary/aromatic N) is 1. The van der Waals surface area contributed by atoms with E-state index in [1.807, 2.05) is 43.3 Å². The van der Waals surface area contributed by atoms with Gasteiger partial charge in [-0.2, -0.15) is 5.10 Å². The molecule has 0 fully saturated rings. The predicted molar refractivity (Wildman–Crippen MR) is 139 cm³/mol. The van der Waals surface area contributed by atoms with Crippen LogP contribution in [0.4, 0.5) is 5.00 Å². The Hall–Kier alpha value is -3.98. The number of rotatable bonds is 7. The molecule has 3 aromatic rings. The number of thiophene rings is 1. The minimum atomic E-state index is -0.944. The molecule has 2 amide bonds. The molecule has 0 atom stereocenters. The van der Waals surface area contributed by atoms with Gasteiger partial charge in [0.15, 0.2) is 0 Å². The average Bonchev–Trinajstić information content (AvgIpc) is 3.25. The molecule has 0 radical (unpaired) electrons. The van der Waals surface area contributed by atoms with Gasteiger partial charge in [0.2, 0.25) is 0 Å². The Morgan fingerprint density at radius 1 is 1.06 bits per heavy atom. The summed E-state index contributed by atoms with van der Waals surface area (Å²) in [5.41, 5.74) is 6.40. The van der Waals surface area contributed by atoms with E-state index in [1.54, 1.807) is 12.1 Å². The number of methoxy groups -OCH3 is 1. The van der Waals surface area contributed by atoms with Gasteiger partial charge < -0.3 is 14.8 Å². The fourth-order valence-corrected chi connectivity index (χ4v) is 5.24. The number of esters is 1. The van der Waals surface area contributed by atoms with E-state index in [1.165, 1.54) is 24.7 Å². The lowest BCUT2D eigenvalue weighted by Gasteiger charge is -2.11. The molecular weight excluding hydrogens is 478 g/mol. The zero-order valence-corrected chi connectivity index (χ0v) is 20.9. The molecule has 9 heteroatoms. The number of benzene rings is 2. The highest BCUT2D eigenvalue weighted by molar-refractivity contribution is 7.17. The van der Waals surface area contributed by atoms with Crippen molar-refractivity contribution in [1.29, 1.82) is 0 Å². The summed E-state index contributed by atoms with van der Waals surface area (Å²) in [6, 6.07) is 15.2. The van der Waals surface area contributed by atoms with Gasteiger partial charge in [0, 0.05) is 4.88 Å². The molecule has 2 aromatic carbocycles. The Morgan fingerprint density at radius 3 is 2.67 bits per heavy atom. The molecule has 0 aliphatic heterocycles. The molecule has 1 aliphatic rings. The Labute approximate surface area is 213 Å². The number of ether oxygens (including phenoxy) is 2. The first-order valence-corrected chi connectivity index (χ1v) is 12.4. The lowest BCUT2D eigenvalue weighted by atomic mass is 9.95. The van der Waals surface area contributed by atoms with Crippen LogP contribution in [-0.4, -0.2) is 31.1 Å². The van der Waals surface area contributed by atoms with Gasteiger partial charge in [-0.1, -0.05) is 36.4 Å². The minimum absolute atomic E-state index is 0.330. The van der Waals surface area contributed by atoms with E-state index in [4.69, 9.17) is 9.47 Å². The number of fused-ring (bicyclic) bond motifs is 1. The molecule has 0 unspecified atom stereocenters. The van der Waals surface area contributed by atoms with Gasteiger partial charge in [-0.3, -0.25) is 9.59 Å². The van der Waals surface area contributed by atoms with Gasteiger partial charge in [0.1, 0.15) is 17.4 Å². The molecule has 186 valence electrons. The van der Waals surface area contributed by atoms with Crippen molar-refractivity contribution >= 4 is 40.3 Å². The summed E-state index contributed by atoms with van der Waals surface area (Å²) >= 11 is 1.31. The third kappa shape index (κ3) is 5.98. The molecule has 8 nitrogen and oxygen atoms in total. The molecule has 0 saturated carbocycles. The van der Waals surface area contributed by atoms with Crippen molar-refractivity contribution in [3.05, 3.63) is 81.2 Å². The van der Waals surface area contributed by atoms with E-state index in [2.05, 4.69) is 15.8 Å². The van der Waals surface area contributed by atoms with Gasteiger partial charge in [0.25, 0.3) is 0 Å². The van der Waals surface area contributed by atoms with E-state index in [-0.39, 0.29) is 0 Å². The van der Waals surface area contributed by atoms with Gasteiger partial charge in [-0.25, -0.2) is 10.2 Å². The monoisotopic (exact) mass is 505 g/mol. The fourth-order valence-electron chi connectivity index (χ4n) is 3.97. The van der Waals surface area contributed by atoms with Crippen LogP contribution in [0.25, 0.3) is 0 Å². The molecular formula is C27H27N3O5S. The van der Waals surface area contributed by atoms with Crippen LogP contribution >= 0.6 is 11.3 Å². The summed E-state index contributed by atoms with van der Waals surface area (Å²) in [7, 11) is 1.30. The maximum absolute atomic E-state index is 12.5. The van der Waals surface area contributed by atoms with Gasteiger partial charge in [0.05, 0.1) is 18.9 Å². The van der Waals surface area contributed by atoms with Gasteiger partial charge in [-0.05, 0) is 67.0 Å². The van der Waals surface area contributed by atoms with E-state index >= 15 is 0 Å². The summed E-state index contributed by atoms with van der Waals surface area (Å²) in [5.74, 6) is -1.72. The van der Waals surface area contributed by atoms with E-state index < -0.39 is 17.8 Å². The fraction of sp³-hybridized carbons (Fsp3) is 0.259. The third-order valence-electron chi connectivity index (χ3n) is 5.89. The zero-order valence-electron chi connectivity index (χ0n) is 20.1. The predicted octanol–water partition coefficient (Wildman–Crippen LogP) is 4.39. The molecule has 1 aliphatic carbocycles. The number of amides is 2. The van der Waals surface area contributed by atoms with Crippen LogP contribution < -0.4 is 15.5 Å². The third-order valence-corrected chi connectivity index (χ3v) is 7.09. The number of hydrazone groups is 1. The Bertz CT molecular complexity index is 1310. The number of anilines is 1. The summed E-state index contributed by atoms with van der Waals surface area (Å²) in [6.45, 7) is 2.47. The number of carbonyl (C=O) groups excluding carboxylic acids is 3. The second-order valence-corrected chi connectivity index (χ2v) is 9.45. The van der Waals surface area contributed by atoms with Crippen LogP contribution in [0.1, 0.15) is 50.3 Å². The van der Waals surface area contributed by atoms with Gasteiger partial charge >= 0.3 is 17.8 Å². The second kappa shape index (κ2) is 11.6. The minimum Gasteiger partial charge on any atom is -0.489 e. The topological polar surface area (TPSA) is 106 Å². The van der Waals surface area contributed by atoms with Crippen LogP contribution in [0.2, 0.25) is 0 Å².